The van der Waals surface area contributed by atoms with Gasteiger partial charge in [0.25, 0.3) is 5.91 Å². The number of aromatic nitrogens is 2. The summed E-state index contributed by atoms with van der Waals surface area (Å²) in [7, 11) is 0. The molecule has 136 valence electrons. The van der Waals surface area contributed by atoms with Crippen LogP contribution in [0.1, 0.15) is 24.2 Å². The highest BCUT2D eigenvalue weighted by atomic mass is 32.1. The van der Waals surface area contributed by atoms with E-state index in [9.17, 15) is 9.18 Å². The maximum absolute atomic E-state index is 14.3. The number of thiazole rings is 1. The standard InChI is InChI=1S/C17H19FN6OS/c1-8(19)9(2)22-17-12(18)6-11(15(20)25)16(24-17)23-10-3-4-14-13(5-10)21-7-26-14/h3-9H,19H2,1-2H3,(H2,20,25)(H2,22,23,24)/t8-,9+/m1/s1. The van der Waals surface area contributed by atoms with Crippen LogP contribution in [-0.4, -0.2) is 28.0 Å². The largest absolute Gasteiger partial charge is 0.365 e. The number of carbonyl (C=O) groups is 1. The zero-order valence-electron chi connectivity index (χ0n) is 14.3. The van der Waals surface area contributed by atoms with E-state index in [4.69, 9.17) is 11.5 Å². The number of anilines is 3. The van der Waals surface area contributed by atoms with Gasteiger partial charge in [0, 0.05) is 17.8 Å². The monoisotopic (exact) mass is 374 g/mol. The van der Waals surface area contributed by atoms with Gasteiger partial charge in [-0.1, -0.05) is 0 Å². The van der Waals surface area contributed by atoms with Gasteiger partial charge >= 0.3 is 0 Å². The number of benzene rings is 1. The highest BCUT2D eigenvalue weighted by Crippen LogP contribution is 2.27. The van der Waals surface area contributed by atoms with Crippen molar-refractivity contribution in [2.24, 2.45) is 11.5 Å². The Balaban J connectivity index is 1.98. The van der Waals surface area contributed by atoms with Crippen LogP contribution in [0.2, 0.25) is 0 Å². The fraction of sp³-hybridized carbons (Fsp3) is 0.235. The van der Waals surface area contributed by atoms with Gasteiger partial charge in [0.2, 0.25) is 0 Å². The first kappa shape index (κ1) is 18.0. The quantitative estimate of drug-likeness (QED) is 0.527. The Kier molecular flexibility index (Phi) is 5.01. The average molecular weight is 374 g/mol. The van der Waals surface area contributed by atoms with E-state index in [1.165, 1.54) is 11.3 Å². The van der Waals surface area contributed by atoms with E-state index in [1.807, 2.05) is 25.1 Å². The lowest BCUT2D eigenvalue weighted by Crippen LogP contribution is -2.35. The smallest absolute Gasteiger partial charge is 0.252 e. The van der Waals surface area contributed by atoms with Crippen molar-refractivity contribution in [2.45, 2.75) is 25.9 Å². The molecule has 0 aliphatic heterocycles. The summed E-state index contributed by atoms with van der Waals surface area (Å²) in [4.78, 5) is 20.2. The molecule has 0 aliphatic rings. The number of primary amides is 1. The van der Waals surface area contributed by atoms with Crippen molar-refractivity contribution in [2.75, 3.05) is 10.6 Å². The fourth-order valence-corrected chi connectivity index (χ4v) is 2.95. The summed E-state index contributed by atoms with van der Waals surface area (Å²) in [6, 6.07) is 6.19. The lowest BCUT2D eigenvalue weighted by Gasteiger charge is -2.20. The Morgan fingerprint density at radius 3 is 2.73 bits per heavy atom. The van der Waals surface area contributed by atoms with Gasteiger partial charge in [0.05, 0.1) is 21.3 Å². The number of fused-ring (bicyclic) bond motifs is 1. The molecule has 0 saturated heterocycles. The number of hydrogen-bond donors (Lipinski definition) is 4. The first-order chi connectivity index (χ1) is 12.3. The minimum atomic E-state index is -0.777. The Labute approximate surface area is 153 Å². The van der Waals surface area contributed by atoms with Crippen molar-refractivity contribution in [3.05, 3.63) is 41.2 Å². The van der Waals surface area contributed by atoms with Gasteiger partial charge < -0.3 is 22.1 Å². The molecule has 26 heavy (non-hydrogen) atoms. The highest BCUT2D eigenvalue weighted by molar-refractivity contribution is 7.16. The topological polar surface area (TPSA) is 119 Å². The maximum atomic E-state index is 14.3. The second-order valence-corrected chi connectivity index (χ2v) is 6.92. The summed E-state index contributed by atoms with van der Waals surface area (Å²) in [6.45, 7) is 3.62. The van der Waals surface area contributed by atoms with Crippen LogP contribution in [0.5, 0.6) is 0 Å². The molecule has 1 amide bonds. The van der Waals surface area contributed by atoms with Gasteiger partial charge in [-0.3, -0.25) is 4.79 Å². The number of amides is 1. The molecule has 6 N–H and O–H groups in total. The van der Waals surface area contributed by atoms with Gasteiger partial charge in [0.1, 0.15) is 5.82 Å². The Morgan fingerprint density at radius 2 is 2.04 bits per heavy atom. The van der Waals surface area contributed by atoms with Crippen LogP contribution in [0.15, 0.2) is 29.8 Å². The van der Waals surface area contributed by atoms with E-state index in [-0.39, 0.29) is 29.3 Å². The first-order valence-corrected chi connectivity index (χ1v) is 8.86. The molecule has 1 aromatic carbocycles. The Hall–Kier alpha value is -2.78. The third kappa shape index (κ3) is 3.73. The molecule has 3 rings (SSSR count). The van der Waals surface area contributed by atoms with Crippen LogP contribution in [-0.2, 0) is 0 Å². The number of carbonyl (C=O) groups excluding carboxylic acids is 1. The molecule has 0 saturated carbocycles. The third-order valence-corrected chi connectivity index (χ3v) is 4.80. The minimum Gasteiger partial charge on any atom is -0.365 e. The van der Waals surface area contributed by atoms with Crippen molar-refractivity contribution >= 4 is 44.8 Å². The molecule has 0 radical (unpaired) electrons. The summed E-state index contributed by atoms with van der Waals surface area (Å²) in [5.41, 5.74) is 14.4. The fourth-order valence-electron chi connectivity index (χ4n) is 2.29. The second-order valence-electron chi connectivity index (χ2n) is 6.03. The summed E-state index contributed by atoms with van der Waals surface area (Å²) in [5, 5.41) is 5.93. The van der Waals surface area contributed by atoms with Gasteiger partial charge in [-0.25, -0.2) is 14.4 Å². The van der Waals surface area contributed by atoms with Crippen molar-refractivity contribution in [1.82, 2.24) is 9.97 Å². The van der Waals surface area contributed by atoms with E-state index in [2.05, 4.69) is 20.6 Å². The summed E-state index contributed by atoms with van der Waals surface area (Å²) < 4.78 is 15.3. The summed E-state index contributed by atoms with van der Waals surface area (Å²) >= 11 is 1.52. The highest BCUT2D eigenvalue weighted by Gasteiger charge is 2.18. The number of pyridine rings is 1. The predicted octanol–water partition coefficient (Wildman–Crippen LogP) is 2.82. The number of nitrogens with one attached hydrogen (secondary N) is 2. The molecule has 2 heterocycles. The zero-order chi connectivity index (χ0) is 18.8. The van der Waals surface area contributed by atoms with E-state index in [1.54, 1.807) is 12.4 Å². The number of hydrogen-bond acceptors (Lipinski definition) is 7. The molecular formula is C17H19FN6OS. The maximum Gasteiger partial charge on any atom is 0.252 e. The van der Waals surface area contributed by atoms with Gasteiger partial charge in [-0.2, -0.15) is 0 Å². The number of nitrogens with two attached hydrogens (primary N) is 2. The van der Waals surface area contributed by atoms with Crippen LogP contribution in [0, 0.1) is 5.82 Å². The molecule has 7 nitrogen and oxygen atoms in total. The van der Waals surface area contributed by atoms with E-state index in [0.717, 1.165) is 16.3 Å². The molecule has 2 aromatic heterocycles. The third-order valence-electron chi connectivity index (χ3n) is 3.99. The van der Waals surface area contributed by atoms with Gasteiger partial charge in [0.15, 0.2) is 11.6 Å². The number of rotatable bonds is 6. The van der Waals surface area contributed by atoms with Crippen LogP contribution in [0.4, 0.5) is 21.7 Å². The van der Waals surface area contributed by atoms with E-state index < -0.39 is 11.7 Å². The van der Waals surface area contributed by atoms with Crippen LogP contribution in [0.25, 0.3) is 10.2 Å². The number of halogens is 1. The van der Waals surface area contributed by atoms with Crippen LogP contribution < -0.4 is 22.1 Å². The average Bonchev–Trinajstić information content (AvgIpc) is 3.04. The first-order valence-electron chi connectivity index (χ1n) is 7.98. The molecule has 9 heteroatoms. The predicted molar refractivity (Wildman–Crippen MR) is 102 cm³/mol. The molecule has 0 bridgehead atoms. The zero-order valence-corrected chi connectivity index (χ0v) is 15.1. The summed E-state index contributed by atoms with van der Waals surface area (Å²) in [6.07, 6.45) is 0. The lowest BCUT2D eigenvalue weighted by molar-refractivity contribution is 0.100. The summed E-state index contributed by atoms with van der Waals surface area (Å²) in [5.74, 6) is -1.29. The molecular weight excluding hydrogens is 355 g/mol. The van der Waals surface area contributed by atoms with Crippen molar-refractivity contribution in [3.8, 4) is 0 Å². The second kappa shape index (κ2) is 7.22. The van der Waals surface area contributed by atoms with Crippen molar-refractivity contribution in [3.63, 3.8) is 0 Å². The molecule has 0 unspecified atom stereocenters. The van der Waals surface area contributed by atoms with E-state index >= 15 is 0 Å². The normalized spacial score (nSPS) is 13.4. The molecule has 0 spiro atoms. The molecule has 3 aromatic rings. The lowest BCUT2D eigenvalue weighted by atomic mass is 10.1. The van der Waals surface area contributed by atoms with Crippen LogP contribution >= 0.6 is 11.3 Å². The van der Waals surface area contributed by atoms with Crippen molar-refractivity contribution < 1.29 is 9.18 Å². The van der Waals surface area contributed by atoms with Gasteiger partial charge in [-0.05, 0) is 38.1 Å². The molecule has 0 aliphatic carbocycles. The number of nitrogens with zero attached hydrogens (tertiary/aromatic N) is 2. The minimum absolute atomic E-state index is 0.00274. The van der Waals surface area contributed by atoms with E-state index in [0.29, 0.717) is 5.69 Å². The Bertz CT molecular complexity index is 958. The molecule has 2 atom stereocenters. The van der Waals surface area contributed by atoms with Crippen LogP contribution in [0.3, 0.4) is 0 Å². The Morgan fingerprint density at radius 1 is 1.27 bits per heavy atom. The van der Waals surface area contributed by atoms with Crippen molar-refractivity contribution in [1.29, 1.82) is 0 Å². The molecule has 0 fully saturated rings. The SMILES string of the molecule is C[C@H](Nc1nc(Nc2ccc3scnc3c2)c(C(N)=O)cc1F)[C@@H](C)N. The van der Waals surface area contributed by atoms with Gasteiger partial charge in [-0.15, -0.1) is 11.3 Å².